The first-order valence-electron chi connectivity index (χ1n) is 7.74. The number of aromatic nitrogens is 3. The Balaban J connectivity index is 1.60. The number of rotatable bonds is 5. The molecule has 0 aliphatic heterocycles. The van der Waals surface area contributed by atoms with E-state index in [-0.39, 0.29) is 5.41 Å². The van der Waals surface area contributed by atoms with Crippen molar-refractivity contribution in [2.75, 3.05) is 5.32 Å². The monoisotopic (exact) mass is 340 g/mol. The molecule has 0 aliphatic carbocycles. The summed E-state index contributed by atoms with van der Waals surface area (Å²) in [5.41, 5.74) is 1.09. The Morgan fingerprint density at radius 1 is 1.17 bits per heavy atom. The molecule has 0 aliphatic rings. The lowest BCUT2D eigenvalue weighted by molar-refractivity contribution is 0.403. The Bertz CT molecular complexity index is 815. The van der Waals surface area contributed by atoms with Crippen molar-refractivity contribution in [1.29, 1.82) is 0 Å². The minimum absolute atomic E-state index is 0.0348. The van der Waals surface area contributed by atoms with Crippen molar-refractivity contribution in [3.63, 3.8) is 0 Å². The lowest BCUT2D eigenvalue weighted by atomic mass is 9.94. The summed E-state index contributed by atoms with van der Waals surface area (Å²) in [6, 6.07) is 3.96. The van der Waals surface area contributed by atoms with Gasteiger partial charge in [-0.3, -0.25) is 4.98 Å². The van der Waals surface area contributed by atoms with Gasteiger partial charge < -0.3 is 9.73 Å². The van der Waals surface area contributed by atoms with E-state index in [0.717, 1.165) is 21.3 Å². The zero-order chi connectivity index (χ0) is 17.0. The van der Waals surface area contributed by atoms with Crippen molar-refractivity contribution in [3.05, 3.63) is 59.0 Å². The van der Waals surface area contributed by atoms with Crippen molar-refractivity contribution >= 4 is 28.6 Å². The first-order valence-corrected chi connectivity index (χ1v) is 8.55. The van der Waals surface area contributed by atoms with Gasteiger partial charge in [-0.15, -0.1) is 0 Å². The van der Waals surface area contributed by atoms with Gasteiger partial charge in [-0.1, -0.05) is 38.2 Å². The first kappa shape index (κ1) is 16.4. The summed E-state index contributed by atoms with van der Waals surface area (Å²) in [6.07, 6.45) is 11.1. The molecule has 124 valence electrons. The number of oxazole rings is 1. The predicted octanol–water partition coefficient (Wildman–Crippen LogP) is 4.61. The Hall–Kier alpha value is -2.47. The summed E-state index contributed by atoms with van der Waals surface area (Å²) in [7, 11) is 0. The Morgan fingerprint density at radius 3 is 2.75 bits per heavy atom. The van der Waals surface area contributed by atoms with Crippen LogP contribution >= 0.6 is 11.3 Å². The summed E-state index contributed by atoms with van der Waals surface area (Å²) in [6.45, 7) is 7.01. The molecule has 6 heteroatoms. The van der Waals surface area contributed by atoms with Crippen LogP contribution in [0.5, 0.6) is 0 Å². The maximum absolute atomic E-state index is 5.75. The predicted molar refractivity (Wildman–Crippen MR) is 97.8 cm³/mol. The smallest absolute Gasteiger partial charge is 0.218 e. The van der Waals surface area contributed by atoms with E-state index in [1.54, 1.807) is 23.7 Å². The van der Waals surface area contributed by atoms with Crippen molar-refractivity contribution in [3.8, 4) is 0 Å². The number of pyridine rings is 1. The zero-order valence-electron chi connectivity index (χ0n) is 14.0. The molecule has 0 saturated carbocycles. The number of nitrogens with one attached hydrogen (secondary N) is 1. The molecule has 0 unspecified atom stereocenters. The highest BCUT2D eigenvalue weighted by atomic mass is 32.1. The third-order valence-corrected chi connectivity index (χ3v) is 4.26. The molecule has 0 saturated heterocycles. The van der Waals surface area contributed by atoms with E-state index in [1.165, 1.54) is 0 Å². The van der Waals surface area contributed by atoms with Crippen LogP contribution in [0.1, 0.15) is 42.9 Å². The minimum Gasteiger partial charge on any atom is -0.441 e. The number of anilines is 1. The topological polar surface area (TPSA) is 63.8 Å². The largest absolute Gasteiger partial charge is 0.441 e. The van der Waals surface area contributed by atoms with Crippen LogP contribution in [-0.2, 0) is 12.0 Å². The van der Waals surface area contributed by atoms with Crippen molar-refractivity contribution in [1.82, 2.24) is 15.0 Å². The van der Waals surface area contributed by atoms with Crippen molar-refractivity contribution in [2.24, 2.45) is 0 Å². The summed E-state index contributed by atoms with van der Waals surface area (Å²) < 4.78 is 5.75. The van der Waals surface area contributed by atoms with Gasteiger partial charge in [-0.25, -0.2) is 9.97 Å². The molecule has 0 bridgehead atoms. The van der Waals surface area contributed by atoms with Gasteiger partial charge in [-0.2, -0.15) is 0 Å². The van der Waals surface area contributed by atoms with E-state index in [2.05, 4.69) is 41.0 Å². The Kier molecular flexibility index (Phi) is 4.76. The molecule has 3 heterocycles. The standard InChI is InChI=1S/C18H20N4OS/c1-18(2,3)15-12-20-16(23-15)7-6-14-11-22-17(24-14)21-10-13-5-4-8-19-9-13/h4-9,11-12H,10H2,1-3H3,(H,21,22). The van der Waals surface area contributed by atoms with Crippen LogP contribution in [-0.4, -0.2) is 15.0 Å². The molecule has 0 spiro atoms. The second-order valence-corrected chi connectivity index (χ2v) is 7.49. The average molecular weight is 340 g/mol. The molecule has 1 N–H and O–H groups in total. The zero-order valence-corrected chi connectivity index (χ0v) is 14.8. The van der Waals surface area contributed by atoms with E-state index >= 15 is 0 Å². The maximum Gasteiger partial charge on any atom is 0.218 e. The van der Waals surface area contributed by atoms with Crippen molar-refractivity contribution in [2.45, 2.75) is 32.7 Å². The van der Waals surface area contributed by atoms with E-state index in [0.29, 0.717) is 12.4 Å². The average Bonchev–Trinajstić information content (AvgIpc) is 3.21. The van der Waals surface area contributed by atoms with Gasteiger partial charge in [0, 0.05) is 41.5 Å². The fourth-order valence-electron chi connectivity index (χ4n) is 1.99. The lowest BCUT2D eigenvalue weighted by Gasteiger charge is -2.12. The first-order chi connectivity index (χ1) is 11.5. The Morgan fingerprint density at radius 2 is 2.04 bits per heavy atom. The van der Waals surface area contributed by atoms with Gasteiger partial charge >= 0.3 is 0 Å². The third kappa shape index (κ3) is 4.29. The van der Waals surface area contributed by atoms with Crippen LogP contribution in [0.3, 0.4) is 0 Å². The lowest BCUT2D eigenvalue weighted by Crippen LogP contribution is -2.09. The summed E-state index contributed by atoms with van der Waals surface area (Å²) in [5.74, 6) is 1.49. The Labute approximate surface area is 145 Å². The number of hydrogen-bond acceptors (Lipinski definition) is 6. The molecule has 0 aromatic carbocycles. The van der Waals surface area contributed by atoms with Crippen LogP contribution < -0.4 is 5.32 Å². The molecule has 0 fully saturated rings. The summed E-state index contributed by atoms with van der Waals surface area (Å²) >= 11 is 1.58. The van der Waals surface area contributed by atoms with E-state index in [9.17, 15) is 0 Å². The second-order valence-electron chi connectivity index (χ2n) is 6.43. The van der Waals surface area contributed by atoms with Gasteiger partial charge in [0.25, 0.3) is 0 Å². The van der Waals surface area contributed by atoms with Gasteiger partial charge in [0.2, 0.25) is 5.89 Å². The van der Waals surface area contributed by atoms with E-state index in [4.69, 9.17) is 4.42 Å². The fraction of sp³-hybridized carbons (Fsp3) is 0.278. The van der Waals surface area contributed by atoms with Gasteiger partial charge in [0.1, 0.15) is 5.76 Å². The minimum atomic E-state index is -0.0348. The highest BCUT2D eigenvalue weighted by molar-refractivity contribution is 7.16. The maximum atomic E-state index is 5.75. The van der Waals surface area contributed by atoms with Crippen molar-refractivity contribution < 1.29 is 4.42 Å². The molecule has 5 nitrogen and oxygen atoms in total. The van der Waals surface area contributed by atoms with Crippen LogP contribution in [0.15, 0.2) is 41.3 Å². The van der Waals surface area contributed by atoms with Crippen LogP contribution in [0.2, 0.25) is 0 Å². The fourth-order valence-corrected chi connectivity index (χ4v) is 2.71. The highest BCUT2D eigenvalue weighted by Gasteiger charge is 2.18. The number of nitrogens with zero attached hydrogens (tertiary/aromatic N) is 3. The number of hydrogen-bond donors (Lipinski definition) is 1. The SMILES string of the molecule is CC(C)(C)c1cnc(C=Cc2cnc(NCc3cccnc3)s2)o1. The van der Waals surface area contributed by atoms with E-state index < -0.39 is 0 Å². The van der Waals surface area contributed by atoms with Gasteiger partial charge in [-0.05, 0) is 17.7 Å². The van der Waals surface area contributed by atoms with E-state index in [1.807, 2.05) is 36.7 Å². The molecule has 24 heavy (non-hydrogen) atoms. The second kappa shape index (κ2) is 6.97. The molecular formula is C18H20N4OS. The third-order valence-electron chi connectivity index (χ3n) is 3.34. The highest BCUT2D eigenvalue weighted by Crippen LogP contribution is 2.24. The molecule has 3 aromatic heterocycles. The van der Waals surface area contributed by atoms with Gasteiger partial charge in [0.15, 0.2) is 5.13 Å². The molecule has 3 rings (SSSR count). The molecular weight excluding hydrogens is 320 g/mol. The van der Waals surface area contributed by atoms with Crippen LogP contribution in [0.4, 0.5) is 5.13 Å². The molecule has 0 amide bonds. The normalized spacial score (nSPS) is 12.0. The molecule has 3 aromatic rings. The summed E-state index contributed by atoms with van der Waals surface area (Å²) in [5, 5.41) is 4.17. The quantitative estimate of drug-likeness (QED) is 0.735. The molecule has 0 radical (unpaired) electrons. The molecule has 0 atom stereocenters. The number of thiazole rings is 1. The van der Waals surface area contributed by atoms with Crippen LogP contribution in [0.25, 0.3) is 12.2 Å². The van der Waals surface area contributed by atoms with Crippen LogP contribution in [0, 0.1) is 0 Å². The summed E-state index contributed by atoms with van der Waals surface area (Å²) in [4.78, 5) is 13.8. The van der Waals surface area contributed by atoms with Gasteiger partial charge in [0.05, 0.1) is 6.20 Å².